The molecule has 0 saturated heterocycles. The number of ether oxygens (including phenoxy) is 1. The first-order chi connectivity index (χ1) is 10.5. The molecule has 5 nitrogen and oxygen atoms in total. The van der Waals surface area contributed by atoms with Gasteiger partial charge in [0.25, 0.3) is 0 Å². The van der Waals surface area contributed by atoms with Gasteiger partial charge in [-0.3, -0.25) is 10.1 Å². The Hall–Kier alpha value is -2.18. The van der Waals surface area contributed by atoms with Gasteiger partial charge in [-0.25, -0.2) is 9.78 Å². The quantitative estimate of drug-likeness (QED) is 0.685. The van der Waals surface area contributed by atoms with Crippen LogP contribution >= 0.6 is 22.9 Å². The molecule has 7 heteroatoms. The molecule has 0 spiro atoms. The van der Waals surface area contributed by atoms with Crippen LogP contribution in [0.25, 0.3) is 6.08 Å². The predicted molar refractivity (Wildman–Crippen MR) is 87.3 cm³/mol. The number of hydrogen-bond donors (Lipinski definition) is 1. The van der Waals surface area contributed by atoms with Crippen molar-refractivity contribution in [2.75, 3.05) is 12.4 Å². The highest BCUT2D eigenvalue weighted by atomic mass is 35.5. The summed E-state index contributed by atoms with van der Waals surface area (Å²) in [5, 5.41) is 3.55. The number of anilines is 1. The van der Waals surface area contributed by atoms with Crippen LogP contribution in [-0.4, -0.2) is 24.0 Å². The van der Waals surface area contributed by atoms with Crippen molar-refractivity contribution in [2.24, 2.45) is 0 Å². The lowest BCUT2D eigenvalue weighted by Crippen LogP contribution is -2.07. The molecule has 1 amide bonds. The second kappa shape index (κ2) is 7.20. The van der Waals surface area contributed by atoms with E-state index in [0.717, 1.165) is 16.9 Å². The number of amides is 1. The summed E-state index contributed by atoms with van der Waals surface area (Å²) >= 11 is 6.94. The van der Waals surface area contributed by atoms with E-state index in [1.54, 1.807) is 31.2 Å². The zero-order chi connectivity index (χ0) is 16.1. The van der Waals surface area contributed by atoms with Gasteiger partial charge in [0.15, 0.2) is 5.13 Å². The number of aryl methyl sites for hydroxylation is 1. The normalized spacial score (nSPS) is 10.7. The van der Waals surface area contributed by atoms with E-state index in [0.29, 0.717) is 20.7 Å². The predicted octanol–water partition coefficient (Wildman–Crippen LogP) is 3.54. The molecule has 1 aromatic heterocycles. The molecule has 0 fully saturated rings. The second-order valence-corrected chi connectivity index (χ2v) is 5.74. The third-order valence-corrected chi connectivity index (χ3v) is 3.96. The molecule has 1 heterocycles. The van der Waals surface area contributed by atoms with Crippen LogP contribution < -0.4 is 5.32 Å². The van der Waals surface area contributed by atoms with Gasteiger partial charge >= 0.3 is 5.97 Å². The summed E-state index contributed by atoms with van der Waals surface area (Å²) in [6, 6.07) is 7.13. The summed E-state index contributed by atoms with van der Waals surface area (Å²) in [6.45, 7) is 1.68. The maximum Gasteiger partial charge on any atom is 0.350 e. The topological polar surface area (TPSA) is 68.3 Å². The van der Waals surface area contributed by atoms with Gasteiger partial charge in [0.2, 0.25) is 5.91 Å². The monoisotopic (exact) mass is 336 g/mol. The summed E-state index contributed by atoms with van der Waals surface area (Å²) in [5.74, 6) is -0.810. The van der Waals surface area contributed by atoms with Crippen molar-refractivity contribution < 1.29 is 14.3 Å². The van der Waals surface area contributed by atoms with Gasteiger partial charge in [-0.05, 0) is 30.7 Å². The lowest BCUT2D eigenvalue weighted by molar-refractivity contribution is -0.111. The highest BCUT2D eigenvalue weighted by Gasteiger charge is 2.16. The number of nitrogens with one attached hydrogen (secondary N) is 1. The van der Waals surface area contributed by atoms with Gasteiger partial charge in [0.05, 0.1) is 12.8 Å². The van der Waals surface area contributed by atoms with E-state index in [9.17, 15) is 9.59 Å². The number of halogens is 1. The molecular weight excluding hydrogens is 324 g/mol. The van der Waals surface area contributed by atoms with Crippen LogP contribution in [0.4, 0.5) is 5.13 Å². The van der Waals surface area contributed by atoms with E-state index in [1.165, 1.54) is 13.2 Å². The molecule has 0 bridgehead atoms. The first-order valence-corrected chi connectivity index (χ1v) is 7.49. The third-order valence-electron chi connectivity index (χ3n) is 2.67. The van der Waals surface area contributed by atoms with Crippen LogP contribution in [0.3, 0.4) is 0 Å². The van der Waals surface area contributed by atoms with E-state index in [1.807, 2.05) is 6.07 Å². The molecule has 2 rings (SSSR count). The number of thiazole rings is 1. The summed E-state index contributed by atoms with van der Waals surface area (Å²) in [6.07, 6.45) is 3.02. The number of nitrogens with zero attached hydrogens (tertiary/aromatic N) is 1. The van der Waals surface area contributed by atoms with E-state index >= 15 is 0 Å². The molecule has 2 aromatic rings. The smallest absolute Gasteiger partial charge is 0.350 e. The standard InChI is InChI=1S/C15H13ClN2O3S/c1-9-13(14(20)21-2)22-15(17-9)18-12(19)7-6-10-4-3-5-11(16)8-10/h3-8H,1-2H3,(H,17,18,19). The minimum absolute atomic E-state index is 0.342. The molecule has 0 atom stereocenters. The SMILES string of the molecule is COC(=O)c1sc(NC(=O)C=Cc2cccc(Cl)c2)nc1C. The molecule has 1 aromatic carbocycles. The fourth-order valence-corrected chi connectivity index (χ4v) is 2.75. The minimum Gasteiger partial charge on any atom is -0.465 e. The molecule has 1 N–H and O–H groups in total. The number of carbonyl (C=O) groups excluding carboxylic acids is 2. The number of esters is 1. The number of carbonyl (C=O) groups is 2. The Morgan fingerprint density at radius 3 is 2.86 bits per heavy atom. The van der Waals surface area contributed by atoms with E-state index in [4.69, 9.17) is 11.6 Å². The first-order valence-electron chi connectivity index (χ1n) is 6.30. The summed E-state index contributed by atoms with van der Waals surface area (Å²) in [4.78, 5) is 27.8. The molecule has 0 aliphatic rings. The van der Waals surface area contributed by atoms with Crippen LogP contribution in [0.2, 0.25) is 5.02 Å². The Balaban J connectivity index is 2.05. The Morgan fingerprint density at radius 2 is 2.18 bits per heavy atom. The number of aromatic nitrogens is 1. The van der Waals surface area contributed by atoms with Crippen molar-refractivity contribution in [3.63, 3.8) is 0 Å². The molecule has 0 aliphatic heterocycles. The third kappa shape index (κ3) is 4.16. The molecule has 0 aliphatic carbocycles. The maximum atomic E-state index is 11.9. The van der Waals surface area contributed by atoms with E-state index in [-0.39, 0.29) is 5.91 Å². The highest BCUT2D eigenvalue weighted by Crippen LogP contribution is 2.23. The van der Waals surface area contributed by atoms with Gasteiger partial charge in [0, 0.05) is 11.1 Å². The van der Waals surface area contributed by atoms with Crippen LogP contribution in [0.1, 0.15) is 20.9 Å². The maximum absolute atomic E-state index is 11.9. The summed E-state index contributed by atoms with van der Waals surface area (Å²) < 4.78 is 4.64. The molecule has 0 saturated carbocycles. The fourth-order valence-electron chi connectivity index (χ4n) is 1.66. The van der Waals surface area contributed by atoms with Gasteiger partial charge in [-0.1, -0.05) is 35.1 Å². The Bertz CT molecular complexity index is 740. The highest BCUT2D eigenvalue weighted by molar-refractivity contribution is 7.17. The summed E-state index contributed by atoms with van der Waals surface area (Å²) in [5.41, 5.74) is 1.33. The molecule has 22 heavy (non-hydrogen) atoms. The minimum atomic E-state index is -0.468. The number of rotatable bonds is 4. The summed E-state index contributed by atoms with van der Waals surface area (Å²) in [7, 11) is 1.30. The van der Waals surface area contributed by atoms with Gasteiger partial charge in [0.1, 0.15) is 4.88 Å². The van der Waals surface area contributed by atoms with Crippen molar-refractivity contribution >= 4 is 46.0 Å². The molecule has 0 radical (unpaired) electrons. The van der Waals surface area contributed by atoms with Crippen molar-refractivity contribution in [1.82, 2.24) is 4.98 Å². The molecule has 0 unspecified atom stereocenters. The number of hydrogen-bond acceptors (Lipinski definition) is 5. The average molecular weight is 337 g/mol. The number of benzene rings is 1. The van der Waals surface area contributed by atoms with Gasteiger partial charge < -0.3 is 4.74 Å². The Morgan fingerprint density at radius 1 is 1.41 bits per heavy atom. The van der Waals surface area contributed by atoms with Crippen LogP contribution in [0.15, 0.2) is 30.3 Å². The lowest BCUT2D eigenvalue weighted by atomic mass is 10.2. The van der Waals surface area contributed by atoms with Crippen molar-refractivity contribution in [2.45, 2.75) is 6.92 Å². The Labute approximate surface area is 136 Å². The first kappa shape index (κ1) is 16.2. The van der Waals surface area contributed by atoms with Gasteiger partial charge in [-0.15, -0.1) is 0 Å². The zero-order valence-electron chi connectivity index (χ0n) is 11.9. The second-order valence-electron chi connectivity index (χ2n) is 4.30. The fraction of sp³-hybridized carbons (Fsp3) is 0.133. The number of methoxy groups -OCH3 is 1. The lowest BCUT2D eigenvalue weighted by Gasteiger charge is -1.96. The van der Waals surface area contributed by atoms with Gasteiger partial charge in [-0.2, -0.15) is 0 Å². The van der Waals surface area contributed by atoms with Crippen LogP contribution in [-0.2, 0) is 9.53 Å². The Kier molecular flexibility index (Phi) is 5.30. The average Bonchev–Trinajstić information content (AvgIpc) is 2.85. The largest absolute Gasteiger partial charge is 0.465 e. The van der Waals surface area contributed by atoms with Crippen molar-refractivity contribution in [1.29, 1.82) is 0 Å². The van der Waals surface area contributed by atoms with E-state index in [2.05, 4.69) is 15.0 Å². The van der Waals surface area contributed by atoms with Crippen molar-refractivity contribution in [3.05, 3.63) is 51.5 Å². The zero-order valence-corrected chi connectivity index (χ0v) is 13.5. The van der Waals surface area contributed by atoms with Crippen LogP contribution in [0.5, 0.6) is 0 Å². The van der Waals surface area contributed by atoms with Crippen molar-refractivity contribution in [3.8, 4) is 0 Å². The molecule has 114 valence electrons. The van der Waals surface area contributed by atoms with Crippen LogP contribution in [0, 0.1) is 6.92 Å². The van der Waals surface area contributed by atoms with E-state index < -0.39 is 5.97 Å². The molecular formula is C15H13ClN2O3S.